The molecule has 0 aliphatic carbocycles. The zero-order valence-corrected chi connectivity index (χ0v) is 16.3. The molecule has 2 aromatic heterocycles. The Balaban J connectivity index is 1.52. The lowest BCUT2D eigenvalue weighted by atomic mass is 10.00. The Morgan fingerprint density at radius 3 is 2.82 bits per heavy atom. The van der Waals surface area contributed by atoms with Crippen LogP contribution in [-0.4, -0.2) is 33.4 Å². The lowest BCUT2D eigenvalue weighted by Crippen LogP contribution is -2.12. The smallest absolute Gasteiger partial charge is 0.129 e. The second-order valence-electron chi connectivity index (χ2n) is 6.85. The first-order chi connectivity index (χ1) is 13.7. The Hall–Kier alpha value is -3.41. The first-order valence-corrected chi connectivity index (χ1v) is 9.26. The maximum atomic E-state index is 5.47. The van der Waals surface area contributed by atoms with Crippen molar-refractivity contribution in [3.8, 4) is 17.0 Å². The van der Waals surface area contributed by atoms with Crippen molar-refractivity contribution in [2.24, 2.45) is 7.05 Å². The minimum atomic E-state index is 0.279. The molecular formula is C22H23N5O. The van der Waals surface area contributed by atoms with Crippen LogP contribution in [0.1, 0.15) is 18.4 Å². The van der Waals surface area contributed by atoms with Crippen molar-refractivity contribution in [1.29, 1.82) is 0 Å². The first kappa shape index (κ1) is 18.0. The van der Waals surface area contributed by atoms with Gasteiger partial charge < -0.3 is 10.1 Å². The monoisotopic (exact) mass is 373 g/mol. The van der Waals surface area contributed by atoms with Gasteiger partial charge in [-0.15, -0.1) is 0 Å². The zero-order valence-electron chi connectivity index (χ0n) is 16.3. The van der Waals surface area contributed by atoms with Crippen LogP contribution in [0.15, 0.2) is 61.1 Å². The first-order valence-electron chi connectivity index (χ1n) is 9.26. The number of anilines is 1. The molecule has 0 saturated carbocycles. The number of methoxy groups -OCH3 is 1. The van der Waals surface area contributed by atoms with E-state index in [0.717, 1.165) is 40.3 Å². The van der Waals surface area contributed by atoms with E-state index in [1.807, 2.05) is 42.2 Å². The van der Waals surface area contributed by atoms with Crippen LogP contribution in [0.5, 0.6) is 5.75 Å². The fourth-order valence-electron chi connectivity index (χ4n) is 3.38. The maximum absolute atomic E-state index is 5.47. The summed E-state index contributed by atoms with van der Waals surface area (Å²) in [6, 6.07) is 16.3. The molecular weight excluding hydrogens is 350 g/mol. The van der Waals surface area contributed by atoms with E-state index in [0.29, 0.717) is 0 Å². The summed E-state index contributed by atoms with van der Waals surface area (Å²) in [5, 5.41) is 8.82. The van der Waals surface area contributed by atoms with Gasteiger partial charge in [-0.2, -0.15) is 5.10 Å². The molecule has 6 heteroatoms. The topological polar surface area (TPSA) is 64.9 Å². The molecule has 1 unspecified atom stereocenters. The number of hydrogen-bond acceptors (Lipinski definition) is 5. The van der Waals surface area contributed by atoms with Crippen LogP contribution in [0.4, 0.5) is 5.82 Å². The Labute approximate surface area is 164 Å². The molecule has 142 valence electrons. The van der Waals surface area contributed by atoms with Crippen LogP contribution < -0.4 is 10.1 Å². The molecule has 1 N–H and O–H groups in total. The second-order valence-corrected chi connectivity index (χ2v) is 6.85. The molecule has 1 atom stereocenters. The largest absolute Gasteiger partial charge is 0.496 e. The second kappa shape index (κ2) is 7.68. The molecule has 0 aliphatic heterocycles. The molecule has 4 aromatic rings. The fourth-order valence-corrected chi connectivity index (χ4v) is 3.38. The van der Waals surface area contributed by atoms with Crippen LogP contribution in [0.3, 0.4) is 0 Å². The van der Waals surface area contributed by atoms with E-state index in [9.17, 15) is 0 Å². The van der Waals surface area contributed by atoms with Gasteiger partial charge in [0, 0.05) is 36.5 Å². The lowest BCUT2D eigenvalue weighted by molar-refractivity contribution is 0.407. The summed E-state index contributed by atoms with van der Waals surface area (Å²) < 4.78 is 7.34. The van der Waals surface area contributed by atoms with Gasteiger partial charge in [0.05, 0.1) is 24.5 Å². The van der Waals surface area contributed by atoms with Crippen molar-refractivity contribution >= 4 is 16.7 Å². The molecule has 0 saturated heterocycles. The third kappa shape index (κ3) is 3.53. The van der Waals surface area contributed by atoms with Crippen LogP contribution in [0.25, 0.3) is 22.2 Å². The minimum absolute atomic E-state index is 0.279. The van der Waals surface area contributed by atoms with E-state index in [2.05, 4.69) is 51.6 Å². The standard InChI is InChI=1S/C22H23N5O/c1-15(18-6-4-5-7-21(18)28-3)12-23-22-11-19(24-14-25-22)16-8-9-20-17(10-16)13-26-27(20)2/h4-11,13-15H,12H2,1-3H3,(H,23,24,25). The predicted molar refractivity (Wildman–Crippen MR) is 112 cm³/mol. The van der Waals surface area contributed by atoms with E-state index in [-0.39, 0.29) is 5.92 Å². The van der Waals surface area contributed by atoms with Gasteiger partial charge in [0.15, 0.2) is 0 Å². The number of nitrogens with one attached hydrogen (secondary N) is 1. The molecule has 2 heterocycles. The summed E-state index contributed by atoms with van der Waals surface area (Å²) >= 11 is 0. The van der Waals surface area contributed by atoms with Crippen LogP contribution in [-0.2, 0) is 7.05 Å². The highest BCUT2D eigenvalue weighted by Crippen LogP contribution is 2.27. The van der Waals surface area contributed by atoms with Gasteiger partial charge in [-0.05, 0) is 23.8 Å². The number of ether oxygens (including phenoxy) is 1. The number of aryl methyl sites for hydroxylation is 1. The number of hydrogen-bond donors (Lipinski definition) is 1. The quantitative estimate of drug-likeness (QED) is 0.547. The van der Waals surface area contributed by atoms with E-state index >= 15 is 0 Å². The average molecular weight is 373 g/mol. The molecule has 28 heavy (non-hydrogen) atoms. The van der Waals surface area contributed by atoms with Gasteiger partial charge in [0.25, 0.3) is 0 Å². The zero-order chi connectivity index (χ0) is 19.5. The third-order valence-electron chi connectivity index (χ3n) is 4.97. The highest BCUT2D eigenvalue weighted by atomic mass is 16.5. The van der Waals surface area contributed by atoms with Crippen molar-refractivity contribution < 1.29 is 4.74 Å². The molecule has 0 radical (unpaired) electrons. The van der Waals surface area contributed by atoms with Crippen LogP contribution in [0, 0.1) is 0 Å². The molecule has 0 spiro atoms. The van der Waals surface area contributed by atoms with Crippen LogP contribution in [0.2, 0.25) is 0 Å². The van der Waals surface area contributed by atoms with E-state index in [1.165, 1.54) is 5.56 Å². The Kier molecular flexibility index (Phi) is 4.93. The number of nitrogens with zero attached hydrogens (tertiary/aromatic N) is 4. The molecule has 2 aromatic carbocycles. The summed E-state index contributed by atoms with van der Waals surface area (Å²) in [7, 11) is 3.65. The van der Waals surface area contributed by atoms with Crippen LogP contribution >= 0.6 is 0 Å². The number of aromatic nitrogens is 4. The van der Waals surface area contributed by atoms with Gasteiger partial charge in [0.1, 0.15) is 17.9 Å². The van der Waals surface area contributed by atoms with Crippen molar-refractivity contribution in [3.63, 3.8) is 0 Å². The molecule has 0 fully saturated rings. The van der Waals surface area contributed by atoms with E-state index < -0.39 is 0 Å². The van der Waals surface area contributed by atoms with E-state index in [4.69, 9.17) is 4.74 Å². The predicted octanol–water partition coefficient (Wildman–Crippen LogP) is 4.25. The third-order valence-corrected chi connectivity index (χ3v) is 4.97. The summed E-state index contributed by atoms with van der Waals surface area (Å²) in [6.45, 7) is 2.92. The van der Waals surface area contributed by atoms with Gasteiger partial charge in [-0.25, -0.2) is 9.97 Å². The summed E-state index contributed by atoms with van der Waals surface area (Å²) in [4.78, 5) is 8.81. The van der Waals surface area contributed by atoms with Crippen molar-refractivity contribution in [2.75, 3.05) is 19.0 Å². The van der Waals surface area contributed by atoms with Gasteiger partial charge in [-0.3, -0.25) is 4.68 Å². The molecule has 0 aliphatic rings. The summed E-state index contributed by atoms with van der Waals surface area (Å²) in [5.41, 5.74) is 4.20. The lowest BCUT2D eigenvalue weighted by Gasteiger charge is -2.16. The van der Waals surface area contributed by atoms with Gasteiger partial charge >= 0.3 is 0 Å². The fraction of sp³-hybridized carbons (Fsp3) is 0.227. The van der Waals surface area contributed by atoms with Gasteiger partial charge in [0.2, 0.25) is 0 Å². The Bertz CT molecular complexity index is 1100. The SMILES string of the molecule is COc1ccccc1C(C)CNc1cc(-c2ccc3c(cnn3C)c2)ncn1. The van der Waals surface area contributed by atoms with E-state index in [1.54, 1.807) is 13.4 Å². The number of benzene rings is 2. The summed E-state index contributed by atoms with van der Waals surface area (Å²) in [6.07, 6.45) is 3.47. The summed E-state index contributed by atoms with van der Waals surface area (Å²) in [5.74, 6) is 1.99. The average Bonchev–Trinajstić information content (AvgIpc) is 3.12. The Morgan fingerprint density at radius 1 is 1.11 bits per heavy atom. The Morgan fingerprint density at radius 2 is 1.96 bits per heavy atom. The van der Waals surface area contributed by atoms with Crippen molar-refractivity contribution in [1.82, 2.24) is 19.7 Å². The van der Waals surface area contributed by atoms with Gasteiger partial charge in [-0.1, -0.05) is 31.2 Å². The minimum Gasteiger partial charge on any atom is -0.496 e. The maximum Gasteiger partial charge on any atom is 0.129 e. The van der Waals surface area contributed by atoms with Crippen molar-refractivity contribution in [3.05, 3.63) is 66.6 Å². The van der Waals surface area contributed by atoms with Crippen molar-refractivity contribution in [2.45, 2.75) is 12.8 Å². The highest BCUT2D eigenvalue weighted by Gasteiger charge is 2.11. The number of fused-ring (bicyclic) bond motifs is 1. The number of para-hydroxylation sites is 1. The molecule has 6 nitrogen and oxygen atoms in total. The molecule has 4 rings (SSSR count). The molecule has 0 amide bonds. The normalized spacial score (nSPS) is 12.1. The molecule has 0 bridgehead atoms. The highest BCUT2D eigenvalue weighted by molar-refractivity contribution is 5.84. The number of rotatable bonds is 6.